The van der Waals surface area contributed by atoms with Gasteiger partial charge in [-0.2, -0.15) is 0 Å². The molecule has 0 aliphatic heterocycles. The number of methoxy groups -OCH3 is 3. The standard InChI is InChI=1S/C18H15NO7/c1-24-16(21)11-6-4-10(5-7-11)15(20)12-8-14(18(23)26-3)19-9-13(12)17(22)25-2/h4-9H,1-3H3. The van der Waals surface area contributed by atoms with E-state index in [4.69, 9.17) is 0 Å². The van der Waals surface area contributed by atoms with Gasteiger partial charge in [0.15, 0.2) is 5.78 Å². The number of aromatic nitrogens is 1. The minimum absolute atomic E-state index is 0.0712. The third-order valence-electron chi connectivity index (χ3n) is 3.52. The second-order valence-electron chi connectivity index (χ2n) is 5.00. The maximum absolute atomic E-state index is 12.8. The summed E-state index contributed by atoms with van der Waals surface area (Å²) in [6.45, 7) is 0. The summed E-state index contributed by atoms with van der Waals surface area (Å²) in [5.41, 5.74) is 0.169. The minimum Gasteiger partial charge on any atom is -0.465 e. The van der Waals surface area contributed by atoms with Crippen molar-refractivity contribution in [3.8, 4) is 0 Å². The molecule has 0 bridgehead atoms. The molecule has 1 aromatic heterocycles. The maximum atomic E-state index is 12.8. The van der Waals surface area contributed by atoms with Crippen LogP contribution in [0.15, 0.2) is 36.5 Å². The first-order chi connectivity index (χ1) is 12.4. The SMILES string of the molecule is COC(=O)c1ccc(C(=O)c2cc(C(=O)OC)ncc2C(=O)OC)cc1. The molecule has 0 saturated carbocycles. The van der Waals surface area contributed by atoms with Crippen LogP contribution >= 0.6 is 0 Å². The molecule has 1 aromatic carbocycles. The molecule has 2 rings (SSSR count). The van der Waals surface area contributed by atoms with Gasteiger partial charge in [0.25, 0.3) is 0 Å². The van der Waals surface area contributed by atoms with Crippen molar-refractivity contribution in [3.63, 3.8) is 0 Å². The Morgan fingerprint density at radius 2 is 1.27 bits per heavy atom. The third-order valence-corrected chi connectivity index (χ3v) is 3.52. The predicted molar refractivity (Wildman–Crippen MR) is 88.1 cm³/mol. The summed E-state index contributed by atoms with van der Waals surface area (Å²) in [5.74, 6) is -2.62. The molecule has 0 spiro atoms. The fourth-order valence-corrected chi connectivity index (χ4v) is 2.16. The van der Waals surface area contributed by atoms with Crippen molar-refractivity contribution in [2.45, 2.75) is 0 Å². The average molecular weight is 357 g/mol. The maximum Gasteiger partial charge on any atom is 0.356 e. The van der Waals surface area contributed by atoms with Gasteiger partial charge in [-0.15, -0.1) is 0 Å². The first-order valence-corrected chi connectivity index (χ1v) is 7.32. The van der Waals surface area contributed by atoms with Gasteiger partial charge in [-0.25, -0.2) is 19.4 Å². The molecule has 8 nitrogen and oxygen atoms in total. The Bertz CT molecular complexity index is 872. The van der Waals surface area contributed by atoms with Crippen molar-refractivity contribution in [2.24, 2.45) is 0 Å². The summed E-state index contributed by atoms with van der Waals surface area (Å²) in [7, 11) is 3.58. The number of pyridine rings is 1. The lowest BCUT2D eigenvalue weighted by Gasteiger charge is -2.09. The van der Waals surface area contributed by atoms with E-state index in [0.29, 0.717) is 0 Å². The van der Waals surface area contributed by atoms with E-state index in [1.54, 1.807) is 0 Å². The van der Waals surface area contributed by atoms with Crippen LogP contribution in [0.5, 0.6) is 0 Å². The summed E-state index contributed by atoms with van der Waals surface area (Å²) in [5, 5.41) is 0. The first kappa shape index (κ1) is 18.8. The van der Waals surface area contributed by atoms with Gasteiger partial charge >= 0.3 is 17.9 Å². The molecule has 26 heavy (non-hydrogen) atoms. The Hall–Kier alpha value is -3.55. The normalized spacial score (nSPS) is 9.96. The number of ketones is 1. The van der Waals surface area contributed by atoms with Gasteiger partial charge in [0.1, 0.15) is 5.69 Å². The lowest BCUT2D eigenvalue weighted by molar-refractivity contribution is 0.0579. The van der Waals surface area contributed by atoms with Gasteiger partial charge in [0.05, 0.1) is 32.5 Å². The van der Waals surface area contributed by atoms with Crippen LogP contribution in [0.1, 0.15) is 47.1 Å². The second-order valence-corrected chi connectivity index (χ2v) is 5.00. The van der Waals surface area contributed by atoms with Gasteiger partial charge in [0, 0.05) is 17.3 Å². The second kappa shape index (κ2) is 8.02. The van der Waals surface area contributed by atoms with Crippen LogP contribution in [-0.2, 0) is 14.2 Å². The van der Waals surface area contributed by atoms with Crippen LogP contribution in [0.4, 0.5) is 0 Å². The summed E-state index contributed by atoms with van der Waals surface area (Å²) in [6, 6.07) is 6.81. The van der Waals surface area contributed by atoms with Crippen molar-refractivity contribution < 1.29 is 33.4 Å². The first-order valence-electron chi connectivity index (χ1n) is 7.32. The number of carbonyl (C=O) groups is 4. The zero-order valence-corrected chi connectivity index (χ0v) is 14.3. The molecule has 2 aromatic rings. The summed E-state index contributed by atoms with van der Waals surface area (Å²) >= 11 is 0. The number of esters is 3. The van der Waals surface area contributed by atoms with Gasteiger partial charge < -0.3 is 14.2 Å². The highest BCUT2D eigenvalue weighted by Gasteiger charge is 2.22. The van der Waals surface area contributed by atoms with Gasteiger partial charge in [0.2, 0.25) is 0 Å². The largest absolute Gasteiger partial charge is 0.465 e. The highest BCUT2D eigenvalue weighted by molar-refractivity contribution is 6.15. The number of hydrogen-bond acceptors (Lipinski definition) is 8. The van der Waals surface area contributed by atoms with Crippen LogP contribution < -0.4 is 0 Å². The zero-order chi connectivity index (χ0) is 19.3. The van der Waals surface area contributed by atoms with E-state index >= 15 is 0 Å². The van der Waals surface area contributed by atoms with Gasteiger partial charge in [-0.3, -0.25) is 4.79 Å². The highest BCUT2D eigenvalue weighted by Crippen LogP contribution is 2.18. The lowest BCUT2D eigenvalue weighted by Crippen LogP contribution is -2.15. The molecule has 134 valence electrons. The number of ether oxygens (including phenoxy) is 3. The minimum atomic E-state index is -0.775. The Balaban J connectivity index is 2.50. The van der Waals surface area contributed by atoms with Crippen molar-refractivity contribution in [2.75, 3.05) is 21.3 Å². The van der Waals surface area contributed by atoms with Crippen LogP contribution in [0, 0.1) is 0 Å². The Kier molecular flexibility index (Phi) is 5.79. The Morgan fingerprint density at radius 3 is 1.81 bits per heavy atom. The number of nitrogens with zero attached hydrogens (tertiary/aromatic N) is 1. The molecular formula is C18H15NO7. The fourth-order valence-electron chi connectivity index (χ4n) is 2.16. The smallest absolute Gasteiger partial charge is 0.356 e. The van der Waals surface area contributed by atoms with Crippen LogP contribution in [0.3, 0.4) is 0 Å². The molecular weight excluding hydrogens is 342 g/mol. The van der Waals surface area contributed by atoms with E-state index < -0.39 is 23.7 Å². The molecule has 0 saturated heterocycles. The van der Waals surface area contributed by atoms with E-state index in [1.165, 1.54) is 38.5 Å². The highest BCUT2D eigenvalue weighted by atomic mass is 16.5. The average Bonchev–Trinajstić information content (AvgIpc) is 2.71. The van der Waals surface area contributed by atoms with Gasteiger partial charge in [-0.05, 0) is 18.2 Å². The number of hydrogen-bond donors (Lipinski definition) is 0. The van der Waals surface area contributed by atoms with Crippen molar-refractivity contribution >= 4 is 23.7 Å². The summed E-state index contributed by atoms with van der Waals surface area (Å²) < 4.78 is 13.8. The molecule has 0 fully saturated rings. The number of rotatable bonds is 5. The van der Waals surface area contributed by atoms with Crippen LogP contribution in [-0.4, -0.2) is 50.0 Å². The number of carbonyl (C=O) groups excluding carboxylic acids is 4. The predicted octanol–water partition coefficient (Wildman–Crippen LogP) is 1.67. The molecule has 0 N–H and O–H groups in total. The fraction of sp³-hybridized carbons (Fsp3) is 0.167. The van der Waals surface area contributed by atoms with E-state index in [9.17, 15) is 19.2 Å². The van der Waals surface area contributed by atoms with Crippen molar-refractivity contribution in [3.05, 3.63) is 64.5 Å². The molecule has 0 aliphatic rings. The monoisotopic (exact) mass is 357 g/mol. The topological polar surface area (TPSA) is 109 Å². The Morgan fingerprint density at radius 1 is 0.731 bits per heavy atom. The molecule has 0 radical (unpaired) electrons. The molecule has 0 atom stereocenters. The van der Waals surface area contributed by atoms with E-state index in [0.717, 1.165) is 19.4 Å². The third kappa shape index (κ3) is 3.75. The molecule has 8 heteroatoms. The molecule has 0 aliphatic carbocycles. The van der Waals surface area contributed by atoms with E-state index in [2.05, 4.69) is 19.2 Å². The Labute approximate surface area is 148 Å². The van der Waals surface area contributed by atoms with Crippen molar-refractivity contribution in [1.29, 1.82) is 0 Å². The number of benzene rings is 1. The molecule has 1 heterocycles. The van der Waals surface area contributed by atoms with E-state index in [-0.39, 0.29) is 27.9 Å². The molecule has 0 unspecified atom stereocenters. The van der Waals surface area contributed by atoms with Gasteiger partial charge in [-0.1, -0.05) is 12.1 Å². The van der Waals surface area contributed by atoms with Crippen molar-refractivity contribution in [1.82, 2.24) is 4.98 Å². The summed E-state index contributed by atoms with van der Waals surface area (Å²) in [6.07, 6.45) is 1.08. The zero-order valence-electron chi connectivity index (χ0n) is 14.3. The quantitative estimate of drug-likeness (QED) is 0.452. The summed E-state index contributed by atoms with van der Waals surface area (Å²) in [4.78, 5) is 51.7. The van der Waals surface area contributed by atoms with Crippen LogP contribution in [0.25, 0.3) is 0 Å². The molecule has 0 amide bonds. The van der Waals surface area contributed by atoms with E-state index in [1.807, 2.05) is 0 Å². The van der Waals surface area contributed by atoms with Crippen LogP contribution in [0.2, 0.25) is 0 Å². The lowest BCUT2D eigenvalue weighted by atomic mass is 9.98.